The monoisotopic (exact) mass is 273 g/mol. The second-order valence-corrected chi connectivity index (χ2v) is 8.08. The molecule has 2 atom stereocenters. The van der Waals surface area contributed by atoms with E-state index in [0.717, 1.165) is 38.1 Å². The van der Waals surface area contributed by atoms with Crippen molar-refractivity contribution in [2.45, 2.75) is 51.2 Å². The molecule has 3 nitrogen and oxygen atoms in total. The fourth-order valence-electron chi connectivity index (χ4n) is 2.49. The first-order valence-corrected chi connectivity index (χ1v) is 7.96. The van der Waals surface area contributed by atoms with Crippen molar-refractivity contribution >= 4 is 17.7 Å². The highest BCUT2D eigenvalue weighted by Gasteiger charge is 2.30. The molecule has 1 fully saturated rings. The van der Waals surface area contributed by atoms with E-state index in [9.17, 15) is 9.90 Å². The van der Waals surface area contributed by atoms with Gasteiger partial charge in [0.15, 0.2) is 0 Å². The molecule has 2 unspecified atom stereocenters. The van der Waals surface area contributed by atoms with Crippen LogP contribution in [0.5, 0.6) is 0 Å². The number of rotatable bonds is 6. The lowest BCUT2D eigenvalue weighted by Gasteiger charge is -2.28. The van der Waals surface area contributed by atoms with Gasteiger partial charge in [0.05, 0.1) is 5.92 Å². The standard InChI is InChI=1S/C14H27NO2S/c1-14(2,3)18-9-8-15-10-11-6-4-5-7-12(11)13(16)17/h11-12,15H,4-10H2,1-3H3,(H,16,17). The van der Waals surface area contributed by atoms with Crippen molar-refractivity contribution < 1.29 is 9.90 Å². The molecule has 2 N–H and O–H groups in total. The van der Waals surface area contributed by atoms with Gasteiger partial charge in [-0.05, 0) is 25.3 Å². The summed E-state index contributed by atoms with van der Waals surface area (Å²) in [5.41, 5.74) is 0. The van der Waals surface area contributed by atoms with Gasteiger partial charge in [0, 0.05) is 17.0 Å². The average molecular weight is 273 g/mol. The lowest BCUT2D eigenvalue weighted by Crippen LogP contribution is -2.35. The van der Waals surface area contributed by atoms with Gasteiger partial charge in [-0.3, -0.25) is 4.79 Å². The molecule has 18 heavy (non-hydrogen) atoms. The Labute approximate surface area is 115 Å². The van der Waals surface area contributed by atoms with Crippen LogP contribution in [0, 0.1) is 11.8 Å². The van der Waals surface area contributed by atoms with Gasteiger partial charge < -0.3 is 10.4 Å². The van der Waals surface area contributed by atoms with Crippen LogP contribution in [0.3, 0.4) is 0 Å². The third-order valence-corrected chi connectivity index (χ3v) is 4.72. The summed E-state index contributed by atoms with van der Waals surface area (Å²) in [5.74, 6) is 0.691. The molecule has 1 aliphatic rings. The molecule has 0 aromatic heterocycles. The van der Waals surface area contributed by atoms with Crippen LogP contribution >= 0.6 is 11.8 Å². The molecule has 0 amide bonds. The summed E-state index contributed by atoms with van der Waals surface area (Å²) in [7, 11) is 0. The van der Waals surface area contributed by atoms with E-state index in [1.807, 2.05) is 11.8 Å². The Kier molecular flexibility index (Phi) is 6.50. The van der Waals surface area contributed by atoms with Crippen LogP contribution in [0.25, 0.3) is 0 Å². The normalized spacial score (nSPS) is 25.1. The summed E-state index contributed by atoms with van der Waals surface area (Å²) in [5, 5.41) is 12.6. The number of hydrogen-bond acceptors (Lipinski definition) is 3. The number of nitrogens with one attached hydrogen (secondary N) is 1. The number of carboxylic acids is 1. The van der Waals surface area contributed by atoms with E-state index in [2.05, 4.69) is 26.1 Å². The molecule has 0 bridgehead atoms. The minimum Gasteiger partial charge on any atom is -0.481 e. The van der Waals surface area contributed by atoms with E-state index in [0.29, 0.717) is 10.7 Å². The van der Waals surface area contributed by atoms with Crippen molar-refractivity contribution in [2.75, 3.05) is 18.8 Å². The summed E-state index contributed by atoms with van der Waals surface area (Å²) >= 11 is 1.95. The van der Waals surface area contributed by atoms with E-state index >= 15 is 0 Å². The first-order chi connectivity index (χ1) is 8.40. The molecule has 0 spiro atoms. The average Bonchev–Trinajstić information content (AvgIpc) is 2.27. The van der Waals surface area contributed by atoms with Gasteiger partial charge in [-0.1, -0.05) is 33.6 Å². The molecule has 1 saturated carbocycles. The molecule has 0 heterocycles. The molecule has 4 heteroatoms. The highest BCUT2D eigenvalue weighted by atomic mass is 32.2. The van der Waals surface area contributed by atoms with Crippen molar-refractivity contribution in [1.82, 2.24) is 5.32 Å². The summed E-state index contributed by atoms with van der Waals surface area (Å²) in [6, 6.07) is 0. The molecule has 0 aromatic rings. The van der Waals surface area contributed by atoms with Crippen LogP contribution < -0.4 is 5.32 Å². The zero-order chi connectivity index (χ0) is 13.6. The van der Waals surface area contributed by atoms with Gasteiger partial charge in [0.2, 0.25) is 0 Å². The van der Waals surface area contributed by atoms with E-state index in [4.69, 9.17) is 0 Å². The molecule has 0 aromatic carbocycles. The predicted octanol–water partition coefficient (Wildman–Crippen LogP) is 3.00. The third kappa shape index (κ3) is 6.10. The first kappa shape index (κ1) is 15.8. The topological polar surface area (TPSA) is 49.3 Å². The van der Waals surface area contributed by atoms with Gasteiger partial charge in [-0.25, -0.2) is 0 Å². The minimum absolute atomic E-state index is 0.124. The summed E-state index contributed by atoms with van der Waals surface area (Å²) < 4.78 is 0.316. The van der Waals surface area contributed by atoms with E-state index in [1.165, 1.54) is 6.42 Å². The van der Waals surface area contributed by atoms with Crippen LogP contribution in [0.4, 0.5) is 0 Å². The fraction of sp³-hybridized carbons (Fsp3) is 0.929. The second-order valence-electron chi connectivity index (χ2n) is 6.15. The third-order valence-electron chi connectivity index (χ3n) is 3.45. The maximum atomic E-state index is 11.2. The molecular weight excluding hydrogens is 246 g/mol. The fourth-order valence-corrected chi connectivity index (χ4v) is 3.35. The maximum Gasteiger partial charge on any atom is 0.306 e. The zero-order valence-electron chi connectivity index (χ0n) is 11.9. The second kappa shape index (κ2) is 7.39. The summed E-state index contributed by atoms with van der Waals surface area (Å²) in [6.07, 6.45) is 4.19. The Morgan fingerprint density at radius 2 is 2.00 bits per heavy atom. The Balaban J connectivity index is 2.19. The van der Waals surface area contributed by atoms with Crippen molar-refractivity contribution in [3.63, 3.8) is 0 Å². The van der Waals surface area contributed by atoms with Crippen LogP contribution in [0.15, 0.2) is 0 Å². The van der Waals surface area contributed by atoms with Gasteiger partial charge >= 0.3 is 5.97 Å². The molecule has 0 radical (unpaired) electrons. The quantitative estimate of drug-likeness (QED) is 0.730. The minimum atomic E-state index is -0.606. The lowest BCUT2D eigenvalue weighted by molar-refractivity contribution is -0.144. The largest absolute Gasteiger partial charge is 0.481 e. The highest BCUT2D eigenvalue weighted by molar-refractivity contribution is 8.00. The van der Waals surface area contributed by atoms with Crippen molar-refractivity contribution in [1.29, 1.82) is 0 Å². The number of carbonyl (C=O) groups is 1. The predicted molar refractivity (Wildman–Crippen MR) is 78.2 cm³/mol. The van der Waals surface area contributed by atoms with Crippen molar-refractivity contribution in [3.8, 4) is 0 Å². The first-order valence-electron chi connectivity index (χ1n) is 6.97. The highest BCUT2D eigenvalue weighted by Crippen LogP contribution is 2.29. The lowest BCUT2D eigenvalue weighted by atomic mass is 9.79. The number of aliphatic carboxylic acids is 1. The van der Waals surface area contributed by atoms with Crippen LogP contribution in [0.1, 0.15) is 46.5 Å². The van der Waals surface area contributed by atoms with Gasteiger partial charge in [-0.2, -0.15) is 11.8 Å². The maximum absolute atomic E-state index is 11.2. The molecule has 1 rings (SSSR count). The Morgan fingerprint density at radius 1 is 1.33 bits per heavy atom. The van der Waals surface area contributed by atoms with Crippen molar-refractivity contribution in [2.24, 2.45) is 11.8 Å². The van der Waals surface area contributed by atoms with Crippen LogP contribution in [-0.2, 0) is 4.79 Å². The summed E-state index contributed by atoms with van der Waals surface area (Å²) in [4.78, 5) is 11.2. The number of thioether (sulfide) groups is 1. The van der Waals surface area contributed by atoms with Gasteiger partial charge in [0.25, 0.3) is 0 Å². The Bertz CT molecular complexity index is 263. The van der Waals surface area contributed by atoms with Gasteiger partial charge in [-0.15, -0.1) is 0 Å². The van der Waals surface area contributed by atoms with E-state index in [1.54, 1.807) is 0 Å². The molecular formula is C14H27NO2S. The number of hydrogen-bond donors (Lipinski definition) is 2. The Morgan fingerprint density at radius 3 is 2.61 bits per heavy atom. The smallest absolute Gasteiger partial charge is 0.306 e. The van der Waals surface area contributed by atoms with Crippen LogP contribution in [-0.4, -0.2) is 34.7 Å². The molecule has 0 saturated heterocycles. The Hall–Kier alpha value is -0.220. The SMILES string of the molecule is CC(C)(C)SCCNCC1CCCCC1C(=O)O. The van der Waals surface area contributed by atoms with E-state index in [-0.39, 0.29) is 5.92 Å². The zero-order valence-corrected chi connectivity index (χ0v) is 12.7. The van der Waals surface area contributed by atoms with Crippen LogP contribution in [0.2, 0.25) is 0 Å². The number of carboxylic acid groups (broad SMARTS) is 1. The van der Waals surface area contributed by atoms with Gasteiger partial charge in [0.1, 0.15) is 0 Å². The van der Waals surface area contributed by atoms with Crippen molar-refractivity contribution in [3.05, 3.63) is 0 Å². The summed E-state index contributed by atoms with van der Waals surface area (Å²) in [6.45, 7) is 8.50. The molecule has 1 aliphatic carbocycles. The van der Waals surface area contributed by atoms with E-state index < -0.39 is 5.97 Å². The molecule has 0 aliphatic heterocycles. The molecule has 106 valence electrons.